The van der Waals surface area contributed by atoms with Crippen molar-refractivity contribution in [1.82, 2.24) is 9.80 Å². The van der Waals surface area contributed by atoms with Crippen molar-refractivity contribution in [2.45, 2.75) is 6.42 Å². The largest absolute Gasteiger partial charge is 0.398 e. The van der Waals surface area contributed by atoms with E-state index in [9.17, 15) is 4.79 Å². The van der Waals surface area contributed by atoms with Gasteiger partial charge in [-0.1, -0.05) is 11.6 Å². The van der Waals surface area contributed by atoms with E-state index in [4.69, 9.17) is 22.6 Å². The second kappa shape index (κ2) is 6.60. The van der Waals surface area contributed by atoms with E-state index in [1.54, 1.807) is 18.2 Å². The van der Waals surface area contributed by atoms with Crippen LogP contribution in [0.3, 0.4) is 0 Å². The molecule has 0 saturated carbocycles. The molecular formula is C14H17ClN4O. The van der Waals surface area contributed by atoms with E-state index in [1.807, 2.05) is 4.90 Å². The van der Waals surface area contributed by atoms with Gasteiger partial charge in [0, 0.05) is 44.7 Å². The minimum Gasteiger partial charge on any atom is -0.398 e. The highest BCUT2D eigenvalue weighted by Crippen LogP contribution is 2.21. The number of nitrogen functional groups attached to an aromatic ring is 1. The summed E-state index contributed by atoms with van der Waals surface area (Å²) in [6, 6.07) is 7.10. The molecule has 0 unspecified atom stereocenters. The monoisotopic (exact) mass is 292 g/mol. The van der Waals surface area contributed by atoms with Gasteiger partial charge in [0.1, 0.15) is 0 Å². The number of nitrogens with zero attached hydrogens (tertiary/aromatic N) is 3. The van der Waals surface area contributed by atoms with Gasteiger partial charge in [0.25, 0.3) is 5.91 Å². The van der Waals surface area contributed by atoms with Gasteiger partial charge in [0.05, 0.1) is 16.8 Å². The fourth-order valence-corrected chi connectivity index (χ4v) is 2.41. The van der Waals surface area contributed by atoms with Gasteiger partial charge >= 0.3 is 0 Å². The van der Waals surface area contributed by atoms with E-state index < -0.39 is 0 Å². The molecule has 5 nitrogen and oxygen atoms in total. The van der Waals surface area contributed by atoms with Gasteiger partial charge in [-0.3, -0.25) is 9.69 Å². The summed E-state index contributed by atoms with van der Waals surface area (Å²) in [5.74, 6) is -0.0215. The van der Waals surface area contributed by atoms with Gasteiger partial charge in [0.15, 0.2) is 0 Å². The van der Waals surface area contributed by atoms with Crippen LogP contribution in [0, 0.1) is 11.3 Å². The Morgan fingerprint density at radius 3 is 2.65 bits per heavy atom. The summed E-state index contributed by atoms with van der Waals surface area (Å²) >= 11 is 5.94. The molecule has 106 valence electrons. The third-order valence-electron chi connectivity index (χ3n) is 3.45. The van der Waals surface area contributed by atoms with Crippen LogP contribution in [0.4, 0.5) is 5.69 Å². The van der Waals surface area contributed by atoms with Crippen LogP contribution in [0.15, 0.2) is 18.2 Å². The molecule has 1 aromatic carbocycles. The van der Waals surface area contributed by atoms with Gasteiger partial charge < -0.3 is 10.6 Å². The van der Waals surface area contributed by atoms with Crippen LogP contribution in [-0.2, 0) is 0 Å². The Morgan fingerprint density at radius 2 is 2.05 bits per heavy atom. The SMILES string of the molecule is N#CCCN1CCN(C(=O)c2ccc(N)c(Cl)c2)CC1. The Bertz CT molecular complexity index is 532. The highest BCUT2D eigenvalue weighted by Gasteiger charge is 2.22. The fraction of sp³-hybridized carbons (Fsp3) is 0.429. The number of nitriles is 1. The zero-order valence-electron chi connectivity index (χ0n) is 11.2. The summed E-state index contributed by atoms with van der Waals surface area (Å²) in [6.45, 7) is 3.72. The van der Waals surface area contributed by atoms with Crippen molar-refractivity contribution < 1.29 is 4.79 Å². The fourth-order valence-electron chi connectivity index (χ4n) is 2.23. The van der Waals surface area contributed by atoms with Gasteiger partial charge in [-0.25, -0.2) is 0 Å². The number of piperazine rings is 1. The zero-order valence-corrected chi connectivity index (χ0v) is 11.9. The van der Waals surface area contributed by atoms with Crippen molar-refractivity contribution in [2.75, 3.05) is 38.5 Å². The number of carbonyl (C=O) groups excluding carboxylic acids is 1. The van der Waals surface area contributed by atoms with Crippen LogP contribution < -0.4 is 5.73 Å². The van der Waals surface area contributed by atoms with Crippen LogP contribution in [0.25, 0.3) is 0 Å². The van der Waals surface area contributed by atoms with E-state index in [0.29, 0.717) is 35.8 Å². The molecule has 0 bridgehead atoms. The molecule has 0 radical (unpaired) electrons. The Hall–Kier alpha value is -1.77. The Labute approximate surface area is 123 Å². The molecule has 0 atom stereocenters. The van der Waals surface area contributed by atoms with Gasteiger partial charge in [-0.15, -0.1) is 0 Å². The molecule has 0 aliphatic carbocycles. The minimum atomic E-state index is -0.0215. The van der Waals surface area contributed by atoms with E-state index in [2.05, 4.69) is 11.0 Å². The van der Waals surface area contributed by atoms with Crippen molar-refractivity contribution in [3.8, 4) is 6.07 Å². The molecule has 2 rings (SSSR count). The first-order chi connectivity index (χ1) is 9.61. The number of benzene rings is 1. The highest BCUT2D eigenvalue weighted by molar-refractivity contribution is 6.33. The van der Waals surface area contributed by atoms with Crippen LogP contribution in [0.2, 0.25) is 5.02 Å². The molecule has 1 aromatic rings. The van der Waals surface area contributed by atoms with Crippen molar-refractivity contribution in [3.05, 3.63) is 28.8 Å². The first kappa shape index (κ1) is 14.6. The van der Waals surface area contributed by atoms with Crippen molar-refractivity contribution >= 4 is 23.2 Å². The summed E-state index contributed by atoms with van der Waals surface area (Å²) in [5.41, 5.74) is 6.68. The standard InChI is InChI=1S/C14H17ClN4O/c15-12-10-11(2-3-13(12)17)14(20)19-8-6-18(7-9-19)5-1-4-16/h2-3,10H,1,5-9,17H2. The van der Waals surface area contributed by atoms with Crippen molar-refractivity contribution in [2.24, 2.45) is 0 Å². The molecule has 1 fully saturated rings. The number of rotatable bonds is 3. The van der Waals surface area contributed by atoms with E-state index >= 15 is 0 Å². The van der Waals surface area contributed by atoms with Crippen LogP contribution in [0.1, 0.15) is 16.8 Å². The number of carbonyl (C=O) groups is 1. The normalized spacial score (nSPS) is 15.9. The molecule has 1 amide bonds. The lowest BCUT2D eigenvalue weighted by molar-refractivity contribution is 0.0640. The average molecular weight is 293 g/mol. The third kappa shape index (κ3) is 3.41. The summed E-state index contributed by atoms with van der Waals surface area (Å²) in [4.78, 5) is 16.3. The topological polar surface area (TPSA) is 73.4 Å². The first-order valence-corrected chi connectivity index (χ1v) is 6.93. The maximum Gasteiger partial charge on any atom is 0.253 e. The lowest BCUT2D eigenvalue weighted by Crippen LogP contribution is -2.48. The molecule has 6 heteroatoms. The van der Waals surface area contributed by atoms with E-state index in [1.165, 1.54) is 0 Å². The molecule has 1 saturated heterocycles. The predicted molar refractivity (Wildman–Crippen MR) is 78.4 cm³/mol. The maximum atomic E-state index is 12.3. The van der Waals surface area contributed by atoms with E-state index in [0.717, 1.165) is 19.6 Å². The zero-order chi connectivity index (χ0) is 14.5. The summed E-state index contributed by atoms with van der Waals surface area (Å²) in [6.07, 6.45) is 0.529. The number of halogens is 1. The smallest absolute Gasteiger partial charge is 0.253 e. The summed E-state index contributed by atoms with van der Waals surface area (Å²) in [5, 5.41) is 8.98. The predicted octanol–water partition coefficient (Wildman–Crippen LogP) is 1.59. The van der Waals surface area contributed by atoms with Crippen molar-refractivity contribution in [1.29, 1.82) is 5.26 Å². The van der Waals surface area contributed by atoms with Crippen molar-refractivity contribution in [3.63, 3.8) is 0 Å². The number of anilines is 1. The lowest BCUT2D eigenvalue weighted by atomic mass is 10.1. The van der Waals surface area contributed by atoms with Gasteiger partial charge in [-0.2, -0.15) is 5.26 Å². The highest BCUT2D eigenvalue weighted by atomic mass is 35.5. The molecule has 0 aromatic heterocycles. The number of nitrogens with two attached hydrogens (primary N) is 1. The summed E-state index contributed by atoms with van der Waals surface area (Å²) < 4.78 is 0. The number of hydrogen-bond acceptors (Lipinski definition) is 4. The first-order valence-electron chi connectivity index (χ1n) is 6.55. The number of hydrogen-bond donors (Lipinski definition) is 1. The average Bonchev–Trinajstić information content (AvgIpc) is 2.48. The Balaban J connectivity index is 1.94. The lowest BCUT2D eigenvalue weighted by Gasteiger charge is -2.34. The molecule has 1 aliphatic rings. The van der Waals surface area contributed by atoms with Gasteiger partial charge in [-0.05, 0) is 18.2 Å². The van der Waals surface area contributed by atoms with Crippen LogP contribution >= 0.6 is 11.6 Å². The molecular weight excluding hydrogens is 276 g/mol. The maximum absolute atomic E-state index is 12.3. The molecule has 20 heavy (non-hydrogen) atoms. The van der Waals surface area contributed by atoms with Crippen LogP contribution in [-0.4, -0.2) is 48.4 Å². The second-order valence-electron chi connectivity index (χ2n) is 4.78. The number of amides is 1. The summed E-state index contributed by atoms with van der Waals surface area (Å²) in [7, 11) is 0. The minimum absolute atomic E-state index is 0.0215. The quantitative estimate of drug-likeness (QED) is 0.859. The molecule has 0 spiro atoms. The van der Waals surface area contributed by atoms with Crippen LogP contribution in [0.5, 0.6) is 0 Å². The third-order valence-corrected chi connectivity index (χ3v) is 3.77. The van der Waals surface area contributed by atoms with Gasteiger partial charge in [0.2, 0.25) is 0 Å². The molecule has 1 heterocycles. The second-order valence-corrected chi connectivity index (χ2v) is 5.19. The Kier molecular flexibility index (Phi) is 4.83. The van der Waals surface area contributed by atoms with E-state index in [-0.39, 0.29) is 5.91 Å². The Morgan fingerprint density at radius 1 is 1.35 bits per heavy atom. The molecule has 2 N–H and O–H groups in total. The molecule has 1 aliphatic heterocycles.